The molecule has 0 fully saturated rings. The van der Waals surface area contributed by atoms with Crippen molar-refractivity contribution in [3.05, 3.63) is 53.6 Å². The van der Waals surface area contributed by atoms with Crippen molar-refractivity contribution in [1.82, 2.24) is 0 Å². The lowest BCUT2D eigenvalue weighted by Gasteiger charge is -2.21. The number of halogens is 2. The van der Waals surface area contributed by atoms with Gasteiger partial charge < -0.3 is 14.4 Å². The molecule has 25 heavy (non-hydrogen) atoms. The third-order valence-corrected chi connectivity index (χ3v) is 3.93. The Bertz CT molecular complexity index is 749. The Morgan fingerprint density at radius 2 is 1.80 bits per heavy atom. The van der Waals surface area contributed by atoms with Gasteiger partial charge in [0.15, 0.2) is 11.6 Å². The number of amides is 1. The van der Waals surface area contributed by atoms with Crippen LogP contribution in [0.1, 0.15) is 18.9 Å². The van der Waals surface area contributed by atoms with Gasteiger partial charge in [0.2, 0.25) is 5.91 Å². The molecular weight excluding hydrogens is 328 g/mol. The van der Waals surface area contributed by atoms with E-state index in [1.165, 1.54) is 11.0 Å². The van der Waals surface area contributed by atoms with Gasteiger partial charge >= 0.3 is 0 Å². The van der Waals surface area contributed by atoms with Gasteiger partial charge in [-0.1, -0.05) is 0 Å². The minimum Gasteiger partial charge on any atom is -0.497 e. The Hall–Kier alpha value is -2.63. The summed E-state index contributed by atoms with van der Waals surface area (Å²) in [5.41, 5.74) is 1.18. The fraction of sp³-hybridized carbons (Fsp3) is 0.316. The van der Waals surface area contributed by atoms with Crippen LogP contribution in [0.2, 0.25) is 0 Å². The van der Waals surface area contributed by atoms with Gasteiger partial charge in [0, 0.05) is 24.7 Å². The molecule has 0 aliphatic rings. The summed E-state index contributed by atoms with van der Waals surface area (Å²) in [4.78, 5) is 14.0. The molecule has 2 aromatic rings. The molecule has 1 amide bonds. The second kappa shape index (κ2) is 8.46. The number of hydrogen-bond donors (Lipinski definition) is 0. The van der Waals surface area contributed by atoms with Crippen LogP contribution in [-0.4, -0.2) is 26.7 Å². The van der Waals surface area contributed by atoms with Gasteiger partial charge in [0.25, 0.3) is 0 Å². The van der Waals surface area contributed by atoms with Crippen molar-refractivity contribution in [3.63, 3.8) is 0 Å². The molecule has 6 heteroatoms. The van der Waals surface area contributed by atoms with Gasteiger partial charge in [0.1, 0.15) is 11.5 Å². The van der Waals surface area contributed by atoms with E-state index in [0.717, 1.165) is 17.7 Å². The third kappa shape index (κ3) is 4.47. The van der Waals surface area contributed by atoms with Crippen molar-refractivity contribution in [3.8, 4) is 11.5 Å². The van der Waals surface area contributed by atoms with Gasteiger partial charge in [-0.25, -0.2) is 8.78 Å². The molecule has 0 atom stereocenters. The second-order valence-corrected chi connectivity index (χ2v) is 5.41. The average molecular weight is 349 g/mol. The number of hydrogen-bond acceptors (Lipinski definition) is 3. The monoisotopic (exact) mass is 349 g/mol. The van der Waals surface area contributed by atoms with Crippen molar-refractivity contribution in [2.45, 2.75) is 19.8 Å². The molecule has 0 aromatic heterocycles. The van der Waals surface area contributed by atoms with E-state index in [0.29, 0.717) is 30.2 Å². The zero-order valence-electron chi connectivity index (χ0n) is 14.5. The van der Waals surface area contributed by atoms with Crippen LogP contribution < -0.4 is 14.4 Å². The Labute approximate surface area is 146 Å². The molecule has 0 spiro atoms. The van der Waals surface area contributed by atoms with E-state index < -0.39 is 11.6 Å². The van der Waals surface area contributed by atoms with Crippen LogP contribution in [-0.2, 0) is 11.2 Å². The molecule has 0 saturated carbocycles. The number of methoxy groups -OCH3 is 2. The largest absolute Gasteiger partial charge is 0.497 e. The summed E-state index contributed by atoms with van der Waals surface area (Å²) in [6, 6.07) is 8.83. The highest BCUT2D eigenvalue weighted by Gasteiger charge is 2.17. The highest BCUT2D eigenvalue weighted by molar-refractivity contribution is 5.93. The minimum atomic E-state index is -0.974. The van der Waals surface area contributed by atoms with Crippen LogP contribution in [0.5, 0.6) is 11.5 Å². The summed E-state index contributed by atoms with van der Waals surface area (Å²) in [6.07, 6.45) is 0.649. The normalized spacial score (nSPS) is 10.4. The molecule has 0 aliphatic carbocycles. The predicted octanol–water partition coefficient (Wildman–Crippen LogP) is 3.97. The van der Waals surface area contributed by atoms with Crippen molar-refractivity contribution in [2.24, 2.45) is 0 Å². The second-order valence-electron chi connectivity index (χ2n) is 5.41. The molecule has 2 rings (SSSR count). The molecule has 0 aliphatic heterocycles. The molecular formula is C19H21F2NO3. The molecule has 0 heterocycles. The predicted molar refractivity (Wildman–Crippen MR) is 92.3 cm³/mol. The maximum absolute atomic E-state index is 13.4. The lowest BCUT2D eigenvalue weighted by Crippen LogP contribution is -2.31. The third-order valence-electron chi connectivity index (χ3n) is 3.93. The zero-order chi connectivity index (χ0) is 18.4. The van der Waals surface area contributed by atoms with E-state index in [1.807, 2.05) is 6.07 Å². The van der Waals surface area contributed by atoms with Gasteiger partial charge in [0.05, 0.1) is 14.2 Å². The van der Waals surface area contributed by atoms with Crippen LogP contribution in [0.15, 0.2) is 36.4 Å². The van der Waals surface area contributed by atoms with Crippen LogP contribution >= 0.6 is 0 Å². The van der Waals surface area contributed by atoms with Gasteiger partial charge in [-0.3, -0.25) is 4.79 Å². The smallest absolute Gasteiger partial charge is 0.227 e. The first kappa shape index (κ1) is 18.7. The summed E-state index contributed by atoms with van der Waals surface area (Å²) in [5.74, 6) is -0.745. The fourth-order valence-electron chi connectivity index (χ4n) is 2.61. The Morgan fingerprint density at radius 1 is 1.04 bits per heavy atom. The van der Waals surface area contributed by atoms with Gasteiger partial charge in [-0.15, -0.1) is 0 Å². The number of aryl methyl sites for hydroxylation is 1. The van der Waals surface area contributed by atoms with E-state index in [1.54, 1.807) is 33.3 Å². The molecule has 0 bridgehead atoms. The van der Waals surface area contributed by atoms with E-state index in [-0.39, 0.29) is 12.3 Å². The molecule has 0 unspecified atom stereocenters. The highest BCUT2D eigenvalue weighted by atomic mass is 19.2. The number of benzene rings is 2. The van der Waals surface area contributed by atoms with Crippen molar-refractivity contribution < 1.29 is 23.0 Å². The van der Waals surface area contributed by atoms with Crippen LogP contribution in [0, 0.1) is 11.6 Å². The number of nitrogens with zero attached hydrogens (tertiary/aromatic N) is 1. The summed E-state index contributed by atoms with van der Waals surface area (Å²) in [7, 11) is 3.13. The van der Waals surface area contributed by atoms with E-state index in [2.05, 4.69) is 0 Å². The Kier molecular flexibility index (Phi) is 6.33. The number of ether oxygens (including phenoxy) is 2. The topological polar surface area (TPSA) is 38.8 Å². The Morgan fingerprint density at radius 3 is 2.40 bits per heavy atom. The highest BCUT2D eigenvalue weighted by Crippen LogP contribution is 2.26. The van der Waals surface area contributed by atoms with E-state index in [4.69, 9.17) is 9.47 Å². The first-order chi connectivity index (χ1) is 12.0. The maximum Gasteiger partial charge on any atom is 0.227 e. The SMILES string of the molecule is CCN(C(=O)CCc1cc(OC)ccc1OC)c1ccc(F)c(F)c1. The number of carbonyl (C=O) groups is 1. The van der Waals surface area contributed by atoms with Crippen LogP contribution in [0.3, 0.4) is 0 Å². The molecule has 2 aromatic carbocycles. The lowest BCUT2D eigenvalue weighted by atomic mass is 10.1. The van der Waals surface area contributed by atoms with Gasteiger partial charge in [-0.05, 0) is 49.2 Å². The number of carbonyl (C=O) groups excluding carboxylic acids is 1. The molecule has 0 saturated heterocycles. The van der Waals surface area contributed by atoms with Crippen LogP contribution in [0.25, 0.3) is 0 Å². The summed E-state index contributed by atoms with van der Waals surface area (Å²) >= 11 is 0. The quantitative estimate of drug-likeness (QED) is 0.759. The van der Waals surface area contributed by atoms with E-state index >= 15 is 0 Å². The maximum atomic E-state index is 13.4. The standard InChI is InChI=1S/C19H21F2NO3/c1-4-22(14-6-8-16(20)17(21)12-14)19(23)10-5-13-11-15(24-2)7-9-18(13)25-3/h6-9,11-12H,4-5,10H2,1-3H3. The first-order valence-corrected chi connectivity index (χ1v) is 7.96. The Balaban J connectivity index is 2.13. The summed E-state index contributed by atoms with van der Waals surface area (Å²) < 4.78 is 37.0. The van der Waals surface area contributed by atoms with E-state index in [9.17, 15) is 13.6 Å². The number of anilines is 1. The van der Waals surface area contributed by atoms with Crippen molar-refractivity contribution in [2.75, 3.05) is 25.7 Å². The number of rotatable bonds is 7. The molecule has 0 N–H and O–H groups in total. The summed E-state index contributed by atoms with van der Waals surface area (Å²) in [5, 5.41) is 0. The molecule has 134 valence electrons. The van der Waals surface area contributed by atoms with Crippen molar-refractivity contribution in [1.29, 1.82) is 0 Å². The molecule has 4 nitrogen and oxygen atoms in total. The van der Waals surface area contributed by atoms with Gasteiger partial charge in [-0.2, -0.15) is 0 Å². The first-order valence-electron chi connectivity index (χ1n) is 7.96. The average Bonchev–Trinajstić information content (AvgIpc) is 2.63. The zero-order valence-corrected chi connectivity index (χ0v) is 14.5. The van der Waals surface area contributed by atoms with Crippen molar-refractivity contribution >= 4 is 11.6 Å². The fourth-order valence-corrected chi connectivity index (χ4v) is 2.61. The van der Waals surface area contributed by atoms with Crippen LogP contribution in [0.4, 0.5) is 14.5 Å². The molecule has 0 radical (unpaired) electrons. The minimum absolute atomic E-state index is 0.182. The lowest BCUT2D eigenvalue weighted by molar-refractivity contribution is -0.118. The summed E-state index contributed by atoms with van der Waals surface area (Å²) in [6.45, 7) is 2.14.